The quantitative estimate of drug-likeness (QED) is 0.621. The molecule has 0 N–H and O–H groups in total. The van der Waals surface area contributed by atoms with Gasteiger partial charge in [0.25, 0.3) is 0 Å². The minimum Gasteiger partial charge on any atom is -0.348 e. The number of anilines is 1. The van der Waals surface area contributed by atoms with Crippen LogP contribution in [0, 0.1) is 0 Å². The van der Waals surface area contributed by atoms with Crippen LogP contribution < -0.4 is 4.90 Å². The van der Waals surface area contributed by atoms with Gasteiger partial charge in [-0.05, 0) is 45.8 Å². The molecular weight excluding hydrogens is 282 g/mol. The van der Waals surface area contributed by atoms with Crippen LogP contribution in [0.4, 0.5) is 5.13 Å². The van der Waals surface area contributed by atoms with Crippen molar-refractivity contribution in [2.45, 2.75) is 46.0 Å². The Morgan fingerprint density at radius 1 is 1.19 bits per heavy atom. The first-order valence-electron chi connectivity index (χ1n) is 8.16. The van der Waals surface area contributed by atoms with E-state index in [0.29, 0.717) is 5.92 Å². The van der Waals surface area contributed by atoms with E-state index in [4.69, 9.17) is 4.98 Å². The molecule has 118 valence electrons. The van der Waals surface area contributed by atoms with Gasteiger partial charge in [0, 0.05) is 19.0 Å². The lowest BCUT2D eigenvalue weighted by atomic mass is 10.3. The predicted molar refractivity (Wildman–Crippen MR) is 89.8 cm³/mol. The Balaban J connectivity index is 1.95. The molecular formula is C16H27N3OS. The molecule has 1 fully saturated rings. The minimum atomic E-state index is 0.546. The minimum absolute atomic E-state index is 0.546. The number of hydrogen-bond acceptors (Lipinski definition) is 5. The van der Waals surface area contributed by atoms with E-state index in [1.165, 1.54) is 12.8 Å². The van der Waals surface area contributed by atoms with E-state index in [9.17, 15) is 4.79 Å². The molecule has 1 aliphatic rings. The third-order valence-electron chi connectivity index (χ3n) is 4.19. The van der Waals surface area contributed by atoms with Crippen molar-refractivity contribution in [1.82, 2.24) is 9.88 Å². The molecule has 1 aromatic heterocycles. The second-order valence-corrected chi connectivity index (χ2v) is 6.61. The summed E-state index contributed by atoms with van der Waals surface area (Å²) in [4.78, 5) is 21.6. The van der Waals surface area contributed by atoms with E-state index in [1.54, 1.807) is 11.3 Å². The standard InChI is InChI=1S/C16H27N3OS/c1-4-18(5-2)10-7-11-19(6-3)16-17-15(13-8-9-13)14(12-20)21-16/h12-13H,4-11H2,1-3H3. The largest absolute Gasteiger partial charge is 0.348 e. The molecule has 0 unspecified atom stereocenters. The maximum Gasteiger partial charge on any atom is 0.186 e. The zero-order valence-corrected chi connectivity index (χ0v) is 14.3. The van der Waals surface area contributed by atoms with Crippen molar-refractivity contribution < 1.29 is 4.79 Å². The van der Waals surface area contributed by atoms with Gasteiger partial charge in [-0.15, -0.1) is 0 Å². The molecule has 0 atom stereocenters. The Morgan fingerprint density at radius 2 is 1.90 bits per heavy atom. The van der Waals surface area contributed by atoms with Gasteiger partial charge in [-0.1, -0.05) is 25.2 Å². The monoisotopic (exact) mass is 309 g/mol. The zero-order chi connectivity index (χ0) is 15.2. The Hall–Kier alpha value is -0.940. The molecule has 2 rings (SSSR count). The normalized spacial score (nSPS) is 14.7. The average molecular weight is 309 g/mol. The summed E-state index contributed by atoms with van der Waals surface area (Å²) in [5, 5.41) is 1.03. The van der Waals surface area contributed by atoms with Crippen molar-refractivity contribution >= 4 is 22.8 Å². The topological polar surface area (TPSA) is 36.4 Å². The lowest BCUT2D eigenvalue weighted by molar-refractivity contribution is 0.112. The summed E-state index contributed by atoms with van der Waals surface area (Å²) in [5.74, 6) is 0.546. The summed E-state index contributed by atoms with van der Waals surface area (Å²) >= 11 is 1.56. The Morgan fingerprint density at radius 3 is 2.43 bits per heavy atom. The maximum atomic E-state index is 11.2. The number of carbonyl (C=O) groups excluding carboxylic acids is 1. The van der Waals surface area contributed by atoms with Crippen LogP contribution in [0.3, 0.4) is 0 Å². The Labute approximate surface area is 132 Å². The smallest absolute Gasteiger partial charge is 0.186 e. The first-order chi connectivity index (χ1) is 10.2. The van der Waals surface area contributed by atoms with Crippen LogP contribution in [-0.4, -0.2) is 48.9 Å². The number of hydrogen-bond donors (Lipinski definition) is 0. The van der Waals surface area contributed by atoms with Crippen LogP contribution in [0.25, 0.3) is 0 Å². The highest BCUT2D eigenvalue weighted by atomic mass is 32.1. The van der Waals surface area contributed by atoms with Crippen LogP contribution in [0.5, 0.6) is 0 Å². The average Bonchev–Trinajstić information content (AvgIpc) is 3.27. The Bertz CT molecular complexity index is 452. The molecule has 0 radical (unpaired) electrons. The summed E-state index contributed by atoms with van der Waals surface area (Å²) < 4.78 is 0. The van der Waals surface area contributed by atoms with Crippen LogP contribution in [0.1, 0.15) is 61.3 Å². The highest BCUT2D eigenvalue weighted by Crippen LogP contribution is 2.43. The molecule has 4 nitrogen and oxygen atoms in total. The first-order valence-corrected chi connectivity index (χ1v) is 8.98. The summed E-state index contributed by atoms with van der Waals surface area (Å²) in [6, 6.07) is 0. The first kappa shape index (κ1) is 16.4. The molecule has 5 heteroatoms. The Kier molecular flexibility index (Phi) is 6.18. The fourth-order valence-electron chi connectivity index (χ4n) is 2.61. The summed E-state index contributed by atoms with van der Waals surface area (Å²) in [6.07, 6.45) is 4.51. The molecule has 1 aromatic rings. The van der Waals surface area contributed by atoms with Crippen molar-refractivity contribution in [1.29, 1.82) is 0 Å². The zero-order valence-electron chi connectivity index (χ0n) is 13.5. The van der Waals surface area contributed by atoms with Crippen LogP contribution in [-0.2, 0) is 0 Å². The highest BCUT2D eigenvalue weighted by Gasteiger charge is 2.30. The van der Waals surface area contributed by atoms with Gasteiger partial charge in [0.15, 0.2) is 11.4 Å². The lowest BCUT2D eigenvalue weighted by Gasteiger charge is -2.23. The molecule has 0 bridgehead atoms. The number of rotatable bonds is 10. The fourth-order valence-corrected chi connectivity index (χ4v) is 3.67. The molecule has 1 aliphatic carbocycles. The number of aldehydes is 1. The molecule has 0 saturated heterocycles. The van der Waals surface area contributed by atoms with Crippen molar-refractivity contribution in [2.24, 2.45) is 0 Å². The molecule has 1 saturated carbocycles. The van der Waals surface area contributed by atoms with E-state index >= 15 is 0 Å². The summed E-state index contributed by atoms with van der Waals surface area (Å²) in [6.45, 7) is 11.9. The van der Waals surface area contributed by atoms with Gasteiger partial charge in [-0.2, -0.15) is 0 Å². The molecule has 0 spiro atoms. The highest BCUT2D eigenvalue weighted by molar-refractivity contribution is 7.17. The van der Waals surface area contributed by atoms with Gasteiger partial charge in [0.05, 0.1) is 10.6 Å². The van der Waals surface area contributed by atoms with E-state index in [1.807, 2.05) is 0 Å². The van der Waals surface area contributed by atoms with Crippen molar-refractivity contribution in [3.63, 3.8) is 0 Å². The van der Waals surface area contributed by atoms with Gasteiger partial charge in [-0.25, -0.2) is 4.98 Å². The molecule has 0 amide bonds. The van der Waals surface area contributed by atoms with E-state index in [2.05, 4.69) is 30.6 Å². The number of aromatic nitrogens is 1. The number of nitrogens with zero attached hydrogens (tertiary/aromatic N) is 3. The molecule has 1 heterocycles. The summed E-state index contributed by atoms with van der Waals surface area (Å²) in [7, 11) is 0. The van der Waals surface area contributed by atoms with E-state index in [0.717, 1.165) is 61.1 Å². The van der Waals surface area contributed by atoms with Gasteiger partial charge >= 0.3 is 0 Å². The van der Waals surface area contributed by atoms with Gasteiger partial charge < -0.3 is 9.80 Å². The van der Waals surface area contributed by atoms with Crippen LogP contribution >= 0.6 is 11.3 Å². The molecule has 0 aliphatic heterocycles. The van der Waals surface area contributed by atoms with Gasteiger partial charge in [0.2, 0.25) is 0 Å². The maximum absolute atomic E-state index is 11.2. The van der Waals surface area contributed by atoms with E-state index in [-0.39, 0.29) is 0 Å². The van der Waals surface area contributed by atoms with Crippen LogP contribution in [0.2, 0.25) is 0 Å². The number of thiazole rings is 1. The fraction of sp³-hybridized carbons (Fsp3) is 0.750. The van der Waals surface area contributed by atoms with Gasteiger partial charge in [-0.3, -0.25) is 4.79 Å². The number of carbonyl (C=O) groups is 1. The second-order valence-electron chi connectivity index (χ2n) is 5.60. The third kappa shape index (κ3) is 4.27. The SMILES string of the molecule is CCN(CC)CCCN(CC)c1nc(C2CC2)c(C=O)s1. The third-order valence-corrected chi connectivity index (χ3v) is 5.25. The van der Waals surface area contributed by atoms with Crippen molar-refractivity contribution in [3.8, 4) is 0 Å². The van der Waals surface area contributed by atoms with Crippen molar-refractivity contribution in [3.05, 3.63) is 10.6 Å². The molecule has 21 heavy (non-hydrogen) atoms. The second kappa shape index (κ2) is 7.90. The van der Waals surface area contributed by atoms with Gasteiger partial charge in [0.1, 0.15) is 0 Å². The van der Waals surface area contributed by atoms with Crippen LogP contribution in [0.15, 0.2) is 0 Å². The lowest BCUT2D eigenvalue weighted by Crippen LogP contribution is -2.29. The van der Waals surface area contributed by atoms with Crippen molar-refractivity contribution in [2.75, 3.05) is 37.6 Å². The summed E-state index contributed by atoms with van der Waals surface area (Å²) in [5.41, 5.74) is 1.05. The molecule has 0 aromatic carbocycles. The predicted octanol–water partition coefficient (Wildman–Crippen LogP) is 3.39. The van der Waals surface area contributed by atoms with E-state index < -0.39 is 0 Å².